The maximum atomic E-state index is 12.9. The van der Waals surface area contributed by atoms with Crippen molar-refractivity contribution < 1.29 is 27.4 Å². The molecule has 2 rings (SSSR count). The van der Waals surface area contributed by atoms with Gasteiger partial charge < -0.3 is 15.2 Å². The van der Waals surface area contributed by atoms with Gasteiger partial charge in [-0.2, -0.15) is 0 Å². The molecule has 0 unspecified atom stereocenters. The van der Waals surface area contributed by atoms with Gasteiger partial charge in [-0.1, -0.05) is 6.07 Å². The van der Waals surface area contributed by atoms with Crippen molar-refractivity contribution in [2.75, 3.05) is 7.11 Å². The second kappa shape index (κ2) is 7.52. The van der Waals surface area contributed by atoms with Gasteiger partial charge in [0.1, 0.15) is 11.1 Å². The highest BCUT2D eigenvalue weighted by atomic mass is 32.2. The number of sulfone groups is 1. The first-order valence-corrected chi connectivity index (χ1v) is 8.93. The first-order valence-electron chi connectivity index (χ1n) is 7.38. The monoisotopic (exact) mass is 367 g/mol. The van der Waals surface area contributed by atoms with Crippen LogP contribution in [0.5, 0.6) is 11.5 Å². The molecular weight excluding hydrogens is 349 g/mol. The Morgan fingerprint density at radius 3 is 2.48 bits per heavy atom. The second-order valence-electron chi connectivity index (χ2n) is 5.37. The standard InChI is InChI=1S/C17H18FNO5S/c1-11(25(22,23)14-6-4-13(18)5-7-14)17(21)19-10-12-3-8-15(20)16(9-12)24-2/h3-9,11,20H,10H2,1-2H3,(H,19,21)/t11-/m0/s1. The molecule has 0 aliphatic heterocycles. The number of rotatable bonds is 6. The van der Waals surface area contributed by atoms with Gasteiger partial charge in [-0.25, -0.2) is 12.8 Å². The number of phenolic OH excluding ortho intramolecular Hbond substituents is 1. The molecule has 0 aliphatic carbocycles. The lowest BCUT2D eigenvalue weighted by Crippen LogP contribution is -2.37. The minimum Gasteiger partial charge on any atom is -0.504 e. The number of benzene rings is 2. The summed E-state index contributed by atoms with van der Waals surface area (Å²) in [7, 11) is -2.52. The second-order valence-corrected chi connectivity index (χ2v) is 7.63. The van der Waals surface area contributed by atoms with Gasteiger partial charge in [0.25, 0.3) is 0 Å². The average molecular weight is 367 g/mol. The average Bonchev–Trinajstić information content (AvgIpc) is 2.60. The number of carbonyl (C=O) groups excluding carboxylic acids is 1. The van der Waals surface area contributed by atoms with Crippen LogP contribution in [0.25, 0.3) is 0 Å². The predicted molar refractivity (Wildman–Crippen MR) is 89.6 cm³/mol. The third-order valence-electron chi connectivity index (χ3n) is 3.69. The van der Waals surface area contributed by atoms with E-state index in [9.17, 15) is 22.7 Å². The fraction of sp³-hybridized carbons (Fsp3) is 0.235. The summed E-state index contributed by atoms with van der Waals surface area (Å²) in [6.07, 6.45) is 0. The number of halogens is 1. The zero-order chi connectivity index (χ0) is 18.6. The Labute approximate surface area is 145 Å². The zero-order valence-electron chi connectivity index (χ0n) is 13.7. The van der Waals surface area contributed by atoms with E-state index in [1.165, 1.54) is 26.2 Å². The first-order chi connectivity index (χ1) is 11.8. The molecule has 0 aromatic heterocycles. The Morgan fingerprint density at radius 2 is 1.88 bits per heavy atom. The number of aromatic hydroxyl groups is 1. The van der Waals surface area contributed by atoms with Crippen molar-refractivity contribution in [3.8, 4) is 11.5 Å². The molecule has 1 atom stereocenters. The van der Waals surface area contributed by atoms with Crippen LogP contribution in [0.1, 0.15) is 12.5 Å². The van der Waals surface area contributed by atoms with Gasteiger partial charge in [-0.05, 0) is 48.9 Å². The van der Waals surface area contributed by atoms with Crippen LogP contribution < -0.4 is 10.1 Å². The quantitative estimate of drug-likeness (QED) is 0.762. The van der Waals surface area contributed by atoms with E-state index < -0.39 is 26.8 Å². The van der Waals surface area contributed by atoms with Crippen molar-refractivity contribution in [1.82, 2.24) is 5.32 Å². The normalized spacial score (nSPS) is 12.4. The van der Waals surface area contributed by atoms with E-state index in [0.29, 0.717) is 5.56 Å². The molecule has 2 aromatic rings. The van der Waals surface area contributed by atoms with Crippen LogP contribution in [0.2, 0.25) is 0 Å². The summed E-state index contributed by atoms with van der Waals surface area (Å²) >= 11 is 0. The molecule has 134 valence electrons. The molecule has 8 heteroatoms. The van der Waals surface area contributed by atoms with Crippen LogP contribution in [0.3, 0.4) is 0 Å². The number of nitrogens with one attached hydrogen (secondary N) is 1. The number of amides is 1. The molecule has 0 aliphatic rings. The minimum atomic E-state index is -3.92. The molecule has 6 nitrogen and oxygen atoms in total. The fourth-order valence-electron chi connectivity index (χ4n) is 2.13. The number of phenols is 1. The highest BCUT2D eigenvalue weighted by Crippen LogP contribution is 2.26. The van der Waals surface area contributed by atoms with Gasteiger partial charge >= 0.3 is 0 Å². The molecular formula is C17H18FNO5S. The van der Waals surface area contributed by atoms with Crippen LogP contribution in [0.4, 0.5) is 4.39 Å². The van der Waals surface area contributed by atoms with Gasteiger partial charge in [-0.3, -0.25) is 4.79 Å². The third-order valence-corrected chi connectivity index (χ3v) is 5.76. The van der Waals surface area contributed by atoms with Gasteiger partial charge in [0.05, 0.1) is 12.0 Å². The molecule has 0 bridgehead atoms. The lowest BCUT2D eigenvalue weighted by Gasteiger charge is -2.14. The number of hydrogen-bond acceptors (Lipinski definition) is 5. The molecule has 0 heterocycles. The topological polar surface area (TPSA) is 92.7 Å². The lowest BCUT2D eigenvalue weighted by molar-refractivity contribution is -0.120. The maximum Gasteiger partial charge on any atom is 0.238 e. The molecule has 0 saturated heterocycles. The number of carbonyl (C=O) groups is 1. The number of ether oxygens (including phenoxy) is 1. The molecule has 0 fully saturated rings. The molecule has 0 spiro atoms. The van der Waals surface area contributed by atoms with E-state index >= 15 is 0 Å². The van der Waals surface area contributed by atoms with Crippen LogP contribution in [-0.4, -0.2) is 31.8 Å². The van der Waals surface area contributed by atoms with Gasteiger partial charge in [0, 0.05) is 6.54 Å². The number of hydrogen-bond donors (Lipinski definition) is 2. The van der Waals surface area contributed by atoms with Crippen LogP contribution in [0.15, 0.2) is 47.4 Å². The van der Waals surface area contributed by atoms with E-state index in [0.717, 1.165) is 24.3 Å². The van der Waals surface area contributed by atoms with Crippen LogP contribution in [-0.2, 0) is 21.2 Å². The third kappa shape index (κ3) is 4.27. The Morgan fingerprint density at radius 1 is 1.24 bits per heavy atom. The highest BCUT2D eigenvalue weighted by Gasteiger charge is 2.29. The lowest BCUT2D eigenvalue weighted by atomic mass is 10.2. The van der Waals surface area contributed by atoms with Crippen LogP contribution in [0, 0.1) is 5.82 Å². The van der Waals surface area contributed by atoms with E-state index in [2.05, 4.69) is 5.32 Å². The van der Waals surface area contributed by atoms with Crippen LogP contribution >= 0.6 is 0 Å². The maximum absolute atomic E-state index is 12.9. The zero-order valence-corrected chi connectivity index (χ0v) is 14.5. The van der Waals surface area contributed by atoms with E-state index in [4.69, 9.17) is 4.74 Å². The van der Waals surface area contributed by atoms with Crippen molar-refractivity contribution in [3.63, 3.8) is 0 Å². The largest absolute Gasteiger partial charge is 0.504 e. The molecule has 25 heavy (non-hydrogen) atoms. The van der Waals surface area contributed by atoms with E-state index in [1.54, 1.807) is 6.07 Å². The summed E-state index contributed by atoms with van der Waals surface area (Å²) in [6, 6.07) is 8.84. The molecule has 0 saturated carbocycles. The van der Waals surface area contributed by atoms with Crippen molar-refractivity contribution in [2.24, 2.45) is 0 Å². The van der Waals surface area contributed by atoms with Gasteiger partial charge in [-0.15, -0.1) is 0 Å². The van der Waals surface area contributed by atoms with Crippen molar-refractivity contribution in [3.05, 3.63) is 53.8 Å². The SMILES string of the molecule is COc1cc(CNC(=O)[C@H](C)S(=O)(=O)c2ccc(F)cc2)ccc1O. The Kier molecular flexibility index (Phi) is 5.63. The van der Waals surface area contributed by atoms with E-state index in [-0.39, 0.29) is 22.9 Å². The van der Waals surface area contributed by atoms with Gasteiger partial charge in [0.15, 0.2) is 21.3 Å². The molecule has 2 aromatic carbocycles. The summed E-state index contributed by atoms with van der Waals surface area (Å²) in [5.41, 5.74) is 0.634. The smallest absolute Gasteiger partial charge is 0.238 e. The minimum absolute atomic E-state index is 0.0372. The van der Waals surface area contributed by atoms with Crippen molar-refractivity contribution >= 4 is 15.7 Å². The Balaban J connectivity index is 2.08. The summed E-state index contributed by atoms with van der Waals surface area (Å²) in [5.74, 6) is -1.03. The van der Waals surface area contributed by atoms with E-state index in [1.807, 2.05) is 0 Å². The Hall–Kier alpha value is -2.61. The molecule has 2 N–H and O–H groups in total. The molecule has 1 amide bonds. The van der Waals surface area contributed by atoms with Crippen molar-refractivity contribution in [1.29, 1.82) is 0 Å². The number of methoxy groups -OCH3 is 1. The highest BCUT2D eigenvalue weighted by molar-refractivity contribution is 7.92. The molecule has 0 radical (unpaired) electrons. The summed E-state index contributed by atoms with van der Waals surface area (Å²) in [6.45, 7) is 1.34. The fourth-order valence-corrected chi connectivity index (χ4v) is 3.42. The summed E-state index contributed by atoms with van der Waals surface area (Å²) in [5, 5.41) is 10.7. The van der Waals surface area contributed by atoms with Gasteiger partial charge in [0.2, 0.25) is 5.91 Å². The predicted octanol–water partition coefficient (Wildman–Crippen LogP) is 2.02. The summed E-state index contributed by atoms with van der Waals surface area (Å²) < 4.78 is 42.7. The summed E-state index contributed by atoms with van der Waals surface area (Å²) in [4.78, 5) is 12.1. The Bertz CT molecular complexity index is 865. The van der Waals surface area contributed by atoms with Crippen molar-refractivity contribution in [2.45, 2.75) is 23.6 Å². The first kappa shape index (κ1) is 18.7.